The summed E-state index contributed by atoms with van der Waals surface area (Å²) < 4.78 is 31.0. The summed E-state index contributed by atoms with van der Waals surface area (Å²) in [5.74, 6) is 0. The van der Waals surface area contributed by atoms with E-state index in [0.29, 0.717) is 0 Å². The molecule has 0 amide bonds. The number of hydrogen-bond donors (Lipinski definition) is 1. The fraction of sp³-hybridized carbons (Fsp3) is 1.00. The molecule has 47 valence electrons. The first kappa shape index (κ1) is 15.9. The molecule has 0 fully saturated rings. The summed E-state index contributed by atoms with van der Waals surface area (Å²) in [6.07, 6.45) is 0. The van der Waals surface area contributed by atoms with Crippen LogP contribution in [-0.4, -0.2) is 49.6 Å². The van der Waals surface area contributed by atoms with Crippen LogP contribution in [0.4, 0.5) is 0 Å². The summed E-state index contributed by atoms with van der Waals surface area (Å²) in [6, 6.07) is 0. The molecule has 0 heterocycles. The first-order valence-electron chi connectivity index (χ1n) is 1.07. The third-order valence-electron chi connectivity index (χ3n) is 0.204. The Kier molecular flexibility index (Phi) is 11.9. The summed E-state index contributed by atoms with van der Waals surface area (Å²) in [4.78, 5) is 0. The summed E-state index contributed by atoms with van der Waals surface area (Å²) in [7, 11) is -3.60. The van der Waals surface area contributed by atoms with Gasteiger partial charge in [0.25, 0.3) is 0 Å². The summed E-state index contributed by atoms with van der Waals surface area (Å²) in [5, 5.41) is 0. The van der Waals surface area contributed by atoms with Gasteiger partial charge in [0.05, 0.1) is 7.11 Å². The Morgan fingerprint density at radius 3 is 1.62 bits per heavy atom. The van der Waals surface area contributed by atoms with Gasteiger partial charge in [0.1, 0.15) is 0 Å². The van der Waals surface area contributed by atoms with Gasteiger partial charge in [-0.2, -0.15) is 0 Å². The predicted molar refractivity (Wildman–Crippen MR) is 28.4 cm³/mol. The fourth-order valence-electron chi connectivity index (χ4n) is 0. The average molecular weight is 152 g/mol. The molecule has 4 N–H and O–H groups in total. The van der Waals surface area contributed by atoms with Gasteiger partial charge in [-0.25, -0.2) is 8.42 Å². The molecule has 8 heavy (non-hydrogen) atoms. The molecule has 0 spiro atoms. The van der Waals surface area contributed by atoms with Crippen LogP contribution in [0.3, 0.4) is 0 Å². The molecule has 0 atom stereocenters. The molecule has 0 aromatic heterocycles. The maximum absolute atomic E-state index is 9.22. The van der Waals surface area contributed by atoms with Crippen LogP contribution in [0.25, 0.3) is 0 Å². The molecular weight excluding hydrogens is 145 g/mol. The first-order valence-corrected chi connectivity index (χ1v) is 2.41. The quantitative estimate of drug-likeness (QED) is 0.298. The van der Waals surface area contributed by atoms with Crippen LogP contribution >= 0.6 is 0 Å². The molecule has 0 aliphatic heterocycles. The molecule has 0 aromatic rings. The largest absolute Gasteiger partial charge is 0.726 e. The SMILES string of the molecule is COS(=O)(=O)[O-].[NH4+].[Na]. The first-order chi connectivity index (χ1) is 2.56. The molecule has 0 unspecified atom stereocenters. The van der Waals surface area contributed by atoms with Gasteiger partial charge < -0.3 is 10.7 Å². The van der Waals surface area contributed by atoms with Crippen molar-refractivity contribution in [3.8, 4) is 0 Å². The molecule has 0 aliphatic carbocycles. The number of quaternary nitrogens is 1. The van der Waals surface area contributed by atoms with Crippen LogP contribution in [0, 0.1) is 0 Å². The van der Waals surface area contributed by atoms with Crippen molar-refractivity contribution in [2.45, 2.75) is 0 Å². The Morgan fingerprint density at radius 1 is 1.50 bits per heavy atom. The maximum Gasteiger partial charge on any atom is 0.217 e. The predicted octanol–water partition coefficient (Wildman–Crippen LogP) is -0.912. The van der Waals surface area contributed by atoms with Gasteiger partial charge in [-0.15, -0.1) is 0 Å². The summed E-state index contributed by atoms with van der Waals surface area (Å²) in [6.45, 7) is 0. The van der Waals surface area contributed by atoms with E-state index in [1.54, 1.807) is 0 Å². The standard InChI is InChI=1S/CH4O4S.H3N.Na/c1-5-6(2,3)4;;/h1H3,(H,2,3,4);1H3;. The zero-order valence-electron chi connectivity index (χ0n) is 5.04. The molecule has 0 aromatic carbocycles. The van der Waals surface area contributed by atoms with E-state index < -0.39 is 10.4 Å². The molecule has 0 aliphatic rings. The van der Waals surface area contributed by atoms with Crippen LogP contribution in [-0.2, 0) is 14.6 Å². The molecule has 0 bridgehead atoms. The number of rotatable bonds is 1. The van der Waals surface area contributed by atoms with Crippen molar-refractivity contribution in [3.05, 3.63) is 0 Å². The van der Waals surface area contributed by atoms with Crippen molar-refractivity contribution >= 4 is 40.0 Å². The second kappa shape index (κ2) is 5.96. The van der Waals surface area contributed by atoms with Gasteiger partial charge in [-0.1, -0.05) is 0 Å². The summed E-state index contributed by atoms with van der Waals surface area (Å²) >= 11 is 0. The van der Waals surface area contributed by atoms with Crippen molar-refractivity contribution in [2.75, 3.05) is 7.11 Å². The smallest absolute Gasteiger partial charge is 0.217 e. The monoisotopic (exact) mass is 152 g/mol. The Labute approximate surface area is 70.2 Å². The van der Waals surface area contributed by atoms with Crippen LogP contribution in [0.2, 0.25) is 0 Å². The minimum absolute atomic E-state index is 0. The molecular formula is CH7NNaO4S. The Hall–Kier alpha value is 0.830. The van der Waals surface area contributed by atoms with Gasteiger partial charge >= 0.3 is 0 Å². The minimum Gasteiger partial charge on any atom is -0.726 e. The molecule has 1 radical (unpaired) electrons. The second-order valence-electron chi connectivity index (χ2n) is 0.575. The van der Waals surface area contributed by atoms with E-state index in [1.807, 2.05) is 0 Å². The van der Waals surface area contributed by atoms with Gasteiger partial charge in [0, 0.05) is 29.6 Å². The van der Waals surface area contributed by atoms with Crippen LogP contribution in [0.5, 0.6) is 0 Å². The Balaban J connectivity index is -0.000000125. The topological polar surface area (TPSA) is 103 Å². The molecule has 0 saturated carbocycles. The second-order valence-corrected chi connectivity index (χ2v) is 1.72. The van der Waals surface area contributed by atoms with Gasteiger partial charge in [-0.05, 0) is 0 Å². The Bertz CT molecular complexity index is 118. The van der Waals surface area contributed by atoms with E-state index in [-0.39, 0.29) is 35.7 Å². The van der Waals surface area contributed by atoms with Crippen molar-refractivity contribution < 1.29 is 17.2 Å². The van der Waals surface area contributed by atoms with Crippen molar-refractivity contribution in [1.82, 2.24) is 6.15 Å². The third-order valence-corrected chi connectivity index (χ3v) is 0.612. The molecule has 0 saturated heterocycles. The van der Waals surface area contributed by atoms with E-state index in [9.17, 15) is 13.0 Å². The van der Waals surface area contributed by atoms with Gasteiger partial charge in [-0.3, -0.25) is 4.18 Å². The van der Waals surface area contributed by atoms with Crippen molar-refractivity contribution in [1.29, 1.82) is 0 Å². The average Bonchev–Trinajstić information content (AvgIpc) is 1.35. The third kappa shape index (κ3) is 15.8. The Morgan fingerprint density at radius 2 is 1.62 bits per heavy atom. The maximum atomic E-state index is 9.22. The van der Waals surface area contributed by atoms with Crippen LogP contribution in [0.1, 0.15) is 0 Å². The normalized spacial score (nSPS) is 8.75. The zero-order valence-corrected chi connectivity index (χ0v) is 7.86. The van der Waals surface area contributed by atoms with Gasteiger partial charge in [0.15, 0.2) is 0 Å². The van der Waals surface area contributed by atoms with E-state index in [2.05, 4.69) is 4.18 Å². The van der Waals surface area contributed by atoms with E-state index in [4.69, 9.17) is 0 Å². The van der Waals surface area contributed by atoms with Crippen LogP contribution < -0.4 is 6.15 Å². The molecule has 7 heteroatoms. The van der Waals surface area contributed by atoms with Crippen molar-refractivity contribution in [3.63, 3.8) is 0 Å². The zero-order chi connectivity index (χ0) is 5.21. The number of hydrogen-bond acceptors (Lipinski definition) is 4. The van der Waals surface area contributed by atoms with Gasteiger partial charge in [0.2, 0.25) is 10.4 Å². The van der Waals surface area contributed by atoms with E-state index >= 15 is 0 Å². The van der Waals surface area contributed by atoms with E-state index in [0.717, 1.165) is 7.11 Å². The van der Waals surface area contributed by atoms with Crippen molar-refractivity contribution in [2.24, 2.45) is 0 Å². The van der Waals surface area contributed by atoms with Crippen LogP contribution in [0.15, 0.2) is 0 Å². The molecule has 0 rings (SSSR count). The fourth-order valence-corrected chi connectivity index (χ4v) is 0. The minimum atomic E-state index is -4.41. The molecule has 5 nitrogen and oxygen atoms in total. The van der Waals surface area contributed by atoms with E-state index in [1.165, 1.54) is 0 Å². The summed E-state index contributed by atoms with van der Waals surface area (Å²) in [5.41, 5.74) is 0.